The van der Waals surface area contributed by atoms with Crippen molar-refractivity contribution in [3.05, 3.63) is 35.7 Å². The number of hydrogen-bond donors (Lipinski definition) is 1. The van der Waals surface area contributed by atoms with Crippen molar-refractivity contribution in [3.8, 4) is 5.75 Å². The summed E-state index contributed by atoms with van der Waals surface area (Å²) in [6.45, 7) is 4.12. The van der Waals surface area contributed by atoms with E-state index in [-0.39, 0.29) is 5.82 Å². The maximum Gasteiger partial charge on any atom is 0.158 e. The van der Waals surface area contributed by atoms with Crippen LogP contribution in [-0.4, -0.2) is 15.9 Å². The van der Waals surface area contributed by atoms with E-state index in [0.717, 1.165) is 11.1 Å². The van der Waals surface area contributed by atoms with Crippen molar-refractivity contribution in [2.75, 3.05) is 6.61 Å². The summed E-state index contributed by atoms with van der Waals surface area (Å²) < 4.78 is 29.4. The number of benzene rings is 1. The molecule has 3 nitrogen and oxygen atoms in total. The molecule has 0 radical (unpaired) electrons. The van der Waals surface area contributed by atoms with Gasteiger partial charge >= 0.3 is 0 Å². The number of halogens is 1. The molecule has 2 N–H and O–H groups in total. The maximum absolute atomic E-state index is 13.1. The molecule has 0 saturated heterocycles. The van der Waals surface area contributed by atoms with Crippen LogP contribution >= 0.6 is 0 Å². The van der Waals surface area contributed by atoms with Crippen molar-refractivity contribution < 1.29 is 13.7 Å². The van der Waals surface area contributed by atoms with Gasteiger partial charge in [0.25, 0.3) is 0 Å². The van der Waals surface area contributed by atoms with Gasteiger partial charge in [0.1, 0.15) is 11.6 Å². The van der Waals surface area contributed by atoms with E-state index in [2.05, 4.69) is 0 Å². The van der Waals surface area contributed by atoms with Gasteiger partial charge in [-0.25, -0.2) is 4.39 Å². The van der Waals surface area contributed by atoms with E-state index in [0.29, 0.717) is 18.8 Å². The lowest BCUT2D eigenvalue weighted by atomic mass is 9.96. The van der Waals surface area contributed by atoms with Crippen LogP contribution in [0.2, 0.25) is 0 Å². The molecule has 1 aromatic rings. The molecule has 0 saturated carbocycles. The van der Waals surface area contributed by atoms with Crippen molar-refractivity contribution in [2.45, 2.75) is 25.0 Å². The molecule has 1 aromatic carbocycles. The molecule has 1 atom stereocenters. The van der Waals surface area contributed by atoms with Crippen LogP contribution in [0.4, 0.5) is 4.39 Å². The van der Waals surface area contributed by atoms with E-state index in [9.17, 15) is 8.94 Å². The van der Waals surface area contributed by atoms with E-state index < -0.39 is 16.1 Å². The van der Waals surface area contributed by atoms with Crippen molar-refractivity contribution in [3.63, 3.8) is 0 Å². The molecule has 0 aliphatic carbocycles. The number of fused-ring (bicyclic) bond motifs is 1. The summed E-state index contributed by atoms with van der Waals surface area (Å²) in [5, 5.41) is 5.47. The highest BCUT2D eigenvalue weighted by Crippen LogP contribution is 2.35. The Kier molecular flexibility index (Phi) is 3.66. The summed E-state index contributed by atoms with van der Waals surface area (Å²) in [7, 11) is 0. The topological polar surface area (TPSA) is 58.3 Å². The predicted molar refractivity (Wildman–Crippen MR) is 70.9 cm³/mol. The van der Waals surface area contributed by atoms with Crippen LogP contribution in [0.15, 0.2) is 24.3 Å². The second-order valence-electron chi connectivity index (χ2n) is 4.81. The van der Waals surface area contributed by atoms with Crippen molar-refractivity contribution >= 4 is 16.9 Å². The number of rotatable bonds is 2. The molecule has 1 unspecified atom stereocenters. The summed E-state index contributed by atoms with van der Waals surface area (Å²) >= 11 is -1.45. The highest BCUT2D eigenvalue weighted by molar-refractivity contribution is 7.90. The predicted octanol–water partition coefficient (Wildman–Crippen LogP) is 2.39. The van der Waals surface area contributed by atoms with Gasteiger partial charge in [0.15, 0.2) is 4.75 Å². The molecule has 98 valence electrons. The first kappa shape index (κ1) is 13.4. The Morgan fingerprint density at radius 2 is 2.22 bits per heavy atom. The van der Waals surface area contributed by atoms with Gasteiger partial charge in [-0.15, -0.1) is 0 Å². The van der Waals surface area contributed by atoms with Crippen LogP contribution in [0.5, 0.6) is 5.75 Å². The third-order valence-electron chi connectivity index (χ3n) is 2.96. The van der Waals surface area contributed by atoms with Gasteiger partial charge in [-0.3, -0.25) is 0 Å². The standard InChI is InChI=1S/C13H16FNO2S/c1-13(2,18(15)16)8-9-5-6-17-12-7-10(14)3-4-11(9)12/h3-4,7-8H,5-6,15H2,1-2H3. The Balaban J connectivity index is 2.42. The van der Waals surface area contributed by atoms with E-state index in [1.54, 1.807) is 6.07 Å². The molecule has 1 aliphatic heterocycles. The second-order valence-corrected chi connectivity index (χ2v) is 6.46. The van der Waals surface area contributed by atoms with Crippen LogP contribution in [0.25, 0.3) is 5.57 Å². The Bertz CT molecular complexity index is 486. The van der Waals surface area contributed by atoms with Crippen LogP contribution in [0, 0.1) is 5.82 Å². The first-order valence-corrected chi connectivity index (χ1v) is 6.92. The Hall–Kier alpha value is -1.04. The summed E-state index contributed by atoms with van der Waals surface area (Å²) in [6.07, 6.45) is 2.60. The van der Waals surface area contributed by atoms with Gasteiger partial charge in [-0.05, 0) is 37.6 Å². The molecule has 5 heteroatoms. The van der Waals surface area contributed by atoms with Gasteiger partial charge in [0, 0.05) is 29.4 Å². The lowest BCUT2D eigenvalue weighted by Gasteiger charge is -2.25. The van der Waals surface area contributed by atoms with Gasteiger partial charge in [-0.1, -0.05) is 0 Å². The van der Waals surface area contributed by atoms with E-state index >= 15 is 0 Å². The summed E-state index contributed by atoms with van der Waals surface area (Å²) in [5.41, 5.74) is 1.85. The van der Waals surface area contributed by atoms with Crippen LogP contribution < -0.4 is 9.88 Å². The zero-order valence-corrected chi connectivity index (χ0v) is 11.2. The van der Waals surface area contributed by atoms with Gasteiger partial charge in [-0.2, -0.15) is 5.14 Å². The first-order valence-electron chi connectivity index (χ1n) is 5.71. The largest absolute Gasteiger partial charge is 0.598 e. The summed E-state index contributed by atoms with van der Waals surface area (Å²) in [4.78, 5) is 0. The molecule has 18 heavy (non-hydrogen) atoms. The van der Waals surface area contributed by atoms with Gasteiger partial charge in [0.05, 0.1) is 6.61 Å². The van der Waals surface area contributed by atoms with Crippen molar-refractivity contribution in [1.29, 1.82) is 0 Å². The first-order chi connectivity index (χ1) is 8.40. The van der Waals surface area contributed by atoms with Gasteiger partial charge < -0.3 is 9.29 Å². The monoisotopic (exact) mass is 269 g/mol. The van der Waals surface area contributed by atoms with Crippen LogP contribution in [0.3, 0.4) is 0 Å². The fourth-order valence-corrected chi connectivity index (χ4v) is 2.17. The van der Waals surface area contributed by atoms with E-state index in [1.807, 2.05) is 19.9 Å². The second kappa shape index (κ2) is 4.91. The Labute approximate surface area is 109 Å². The fraction of sp³-hybridized carbons (Fsp3) is 0.385. The molecular weight excluding hydrogens is 253 g/mol. The Morgan fingerprint density at radius 3 is 2.89 bits per heavy atom. The molecule has 0 aromatic heterocycles. The molecule has 0 fully saturated rings. The average Bonchev–Trinajstić information content (AvgIpc) is 2.28. The smallest absolute Gasteiger partial charge is 0.158 e. The molecular formula is C13H16FNO2S. The Morgan fingerprint density at radius 1 is 1.50 bits per heavy atom. The van der Waals surface area contributed by atoms with Crippen molar-refractivity contribution in [1.82, 2.24) is 0 Å². The summed E-state index contributed by atoms with van der Waals surface area (Å²) in [6, 6.07) is 4.45. The molecule has 1 heterocycles. The molecule has 0 amide bonds. The van der Waals surface area contributed by atoms with E-state index in [1.165, 1.54) is 12.1 Å². The quantitative estimate of drug-likeness (QED) is 0.839. The maximum atomic E-state index is 13.1. The zero-order chi connectivity index (χ0) is 13.3. The van der Waals surface area contributed by atoms with Crippen LogP contribution in [0.1, 0.15) is 25.8 Å². The molecule has 1 aliphatic rings. The average molecular weight is 269 g/mol. The zero-order valence-electron chi connectivity index (χ0n) is 10.4. The normalized spacial score (nSPS) is 19.3. The lowest BCUT2D eigenvalue weighted by Crippen LogP contribution is -2.36. The third kappa shape index (κ3) is 2.68. The van der Waals surface area contributed by atoms with E-state index in [4.69, 9.17) is 9.88 Å². The van der Waals surface area contributed by atoms with Crippen molar-refractivity contribution in [2.24, 2.45) is 5.14 Å². The highest BCUT2D eigenvalue weighted by Gasteiger charge is 2.29. The summed E-state index contributed by atoms with van der Waals surface area (Å²) in [5.74, 6) is 0.211. The molecule has 2 rings (SSSR count). The SMILES string of the molecule is CC(C)(C=C1CCOc2cc(F)ccc21)[S+](N)[O-]. The minimum atomic E-state index is -1.45. The highest BCUT2D eigenvalue weighted by atomic mass is 32.2. The minimum absolute atomic E-state index is 0.323. The minimum Gasteiger partial charge on any atom is -0.598 e. The lowest BCUT2D eigenvalue weighted by molar-refractivity contribution is 0.314. The fourth-order valence-electron chi connectivity index (χ4n) is 1.91. The third-order valence-corrected chi connectivity index (χ3v) is 4.11. The number of nitrogens with two attached hydrogens (primary N) is 1. The number of ether oxygens (including phenoxy) is 1. The van der Waals surface area contributed by atoms with Crippen LogP contribution in [-0.2, 0) is 11.4 Å². The molecule has 0 spiro atoms. The number of hydrogen-bond acceptors (Lipinski definition) is 3. The van der Waals surface area contributed by atoms with Gasteiger partial charge in [0.2, 0.25) is 0 Å². The molecule has 0 bridgehead atoms.